The molecule has 2 N–H and O–H groups in total. The molecule has 0 spiro atoms. The Labute approximate surface area is 89.1 Å². The second kappa shape index (κ2) is 4.76. The largest absolute Gasteiger partial charge is 0.324 e. The SMILES string of the molecule is CCC(C)C(N)c1c(F)cccc1Cl. The van der Waals surface area contributed by atoms with Gasteiger partial charge in [0.1, 0.15) is 5.82 Å². The van der Waals surface area contributed by atoms with E-state index in [1.54, 1.807) is 12.1 Å². The average molecular weight is 216 g/mol. The molecule has 1 aromatic carbocycles. The Morgan fingerprint density at radius 2 is 2.14 bits per heavy atom. The van der Waals surface area contributed by atoms with Crippen LogP contribution in [0.5, 0.6) is 0 Å². The van der Waals surface area contributed by atoms with Crippen LogP contribution in [0.1, 0.15) is 31.9 Å². The van der Waals surface area contributed by atoms with Crippen molar-refractivity contribution in [1.29, 1.82) is 0 Å². The molecular weight excluding hydrogens is 201 g/mol. The molecule has 0 radical (unpaired) electrons. The zero-order chi connectivity index (χ0) is 10.7. The van der Waals surface area contributed by atoms with Crippen LogP contribution in [-0.4, -0.2) is 0 Å². The first-order chi connectivity index (χ1) is 6.57. The van der Waals surface area contributed by atoms with Gasteiger partial charge in [-0.1, -0.05) is 37.9 Å². The van der Waals surface area contributed by atoms with Gasteiger partial charge in [0.2, 0.25) is 0 Å². The third-order valence-electron chi connectivity index (χ3n) is 2.59. The highest BCUT2D eigenvalue weighted by molar-refractivity contribution is 6.31. The second-order valence-corrected chi connectivity index (χ2v) is 3.95. The summed E-state index contributed by atoms with van der Waals surface area (Å²) in [6.45, 7) is 4.02. The first-order valence-electron chi connectivity index (χ1n) is 4.77. The third kappa shape index (κ3) is 2.25. The van der Waals surface area contributed by atoms with Crippen LogP contribution in [0.2, 0.25) is 5.02 Å². The van der Waals surface area contributed by atoms with Gasteiger partial charge in [-0.05, 0) is 18.1 Å². The van der Waals surface area contributed by atoms with Crippen LogP contribution in [0.4, 0.5) is 4.39 Å². The monoisotopic (exact) mass is 215 g/mol. The van der Waals surface area contributed by atoms with Gasteiger partial charge in [0.25, 0.3) is 0 Å². The van der Waals surface area contributed by atoms with Crippen LogP contribution in [0.25, 0.3) is 0 Å². The molecule has 14 heavy (non-hydrogen) atoms. The van der Waals surface area contributed by atoms with E-state index in [0.29, 0.717) is 10.6 Å². The smallest absolute Gasteiger partial charge is 0.129 e. The summed E-state index contributed by atoms with van der Waals surface area (Å²) in [5, 5.41) is 0.415. The second-order valence-electron chi connectivity index (χ2n) is 3.55. The number of hydrogen-bond donors (Lipinski definition) is 1. The Morgan fingerprint density at radius 3 is 2.64 bits per heavy atom. The molecule has 0 aliphatic heterocycles. The minimum Gasteiger partial charge on any atom is -0.324 e. The quantitative estimate of drug-likeness (QED) is 0.820. The van der Waals surface area contributed by atoms with Crippen LogP contribution in [0, 0.1) is 11.7 Å². The fourth-order valence-electron chi connectivity index (χ4n) is 1.37. The van der Waals surface area contributed by atoms with Gasteiger partial charge in [-0.3, -0.25) is 0 Å². The Hall–Kier alpha value is -0.600. The maximum atomic E-state index is 13.4. The summed E-state index contributed by atoms with van der Waals surface area (Å²) in [5.74, 6) is -0.0882. The highest BCUT2D eigenvalue weighted by Crippen LogP contribution is 2.29. The van der Waals surface area contributed by atoms with E-state index < -0.39 is 0 Å². The van der Waals surface area contributed by atoms with E-state index in [1.165, 1.54) is 6.07 Å². The van der Waals surface area contributed by atoms with E-state index in [0.717, 1.165) is 6.42 Å². The van der Waals surface area contributed by atoms with Crippen molar-refractivity contribution < 1.29 is 4.39 Å². The predicted molar refractivity (Wildman–Crippen MR) is 57.8 cm³/mol. The van der Waals surface area contributed by atoms with Crippen LogP contribution < -0.4 is 5.73 Å². The molecule has 1 rings (SSSR count). The molecule has 3 heteroatoms. The van der Waals surface area contributed by atoms with Crippen LogP contribution in [0.3, 0.4) is 0 Å². The minimum atomic E-state index is -0.325. The lowest BCUT2D eigenvalue weighted by Gasteiger charge is -2.20. The Morgan fingerprint density at radius 1 is 1.50 bits per heavy atom. The number of hydrogen-bond acceptors (Lipinski definition) is 1. The van der Waals surface area contributed by atoms with Gasteiger partial charge >= 0.3 is 0 Å². The Bertz CT molecular complexity index is 294. The molecule has 78 valence electrons. The fraction of sp³-hybridized carbons (Fsp3) is 0.455. The molecule has 2 unspecified atom stereocenters. The van der Waals surface area contributed by atoms with Gasteiger partial charge in [-0.15, -0.1) is 0 Å². The van der Waals surface area contributed by atoms with Crippen molar-refractivity contribution in [1.82, 2.24) is 0 Å². The van der Waals surface area contributed by atoms with E-state index in [4.69, 9.17) is 17.3 Å². The fourth-order valence-corrected chi connectivity index (χ4v) is 1.66. The van der Waals surface area contributed by atoms with E-state index in [1.807, 2.05) is 13.8 Å². The van der Waals surface area contributed by atoms with Gasteiger partial charge in [0, 0.05) is 16.6 Å². The zero-order valence-corrected chi connectivity index (χ0v) is 9.18. The van der Waals surface area contributed by atoms with E-state index in [-0.39, 0.29) is 17.8 Å². The third-order valence-corrected chi connectivity index (χ3v) is 2.92. The summed E-state index contributed by atoms with van der Waals surface area (Å²) in [4.78, 5) is 0. The molecule has 0 saturated carbocycles. The molecule has 0 aliphatic carbocycles. The molecular formula is C11H15ClFN. The summed E-state index contributed by atoms with van der Waals surface area (Å²) in [6.07, 6.45) is 0.909. The summed E-state index contributed by atoms with van der Waals surface area (Å²) in [7, 11) is 0. The van der Waals surface area contributed by atoms with E-state index in [2.05, 4.69) is 0 Å². The van der Waals surface area contributed by atoms with Crippen molar-refractivity contribution in [2.24, 2.45) is 11.7 Å². The topological polar surface area (TPSA) is 26.0 Å². The van der Waals surface area contributed by atoms with E-state index in [9.17, 15) is 4.39 Å². The van der Waals surface area contributed by atoms with Gasteiger partial charge in [-0.25, -0.2) is 4.39 Å². The first-order valence-corrected chi connectivity index (χ1v) is 5.15. The number of nitrogens with two attached hydrogens (primary N) is 1. The molecule has 0 aliphatic rings. The number of rotatable bonds is 3. The average Bonchev–Trinajstić information content (AvgIpc) is 2.16. The number of halogens is 2. The molecule has 0 saturated heterocycles. The van der Waals surface area contributed by atoms with Gasteiger partial charge in [0.05, 0.1) is 0 Å². The van der Waals surface area contributed by atoms with E-state index >= 15 is 0 Å². The zero-order valence-electron chi connectivity index (χ0n) is 8.43. The van der Waals surface area contributed by atoms with Crippen LogP contribution >= 0.6 is 11.6 Å². The molecule has 0 heterocycles. The van der Waals surface area contributed by atoms with Crippen molar-refractivity contribution in [3.8, 4) is 0 Å². The lowest BCUT2D eigenvalue weighted by atomic mass is 9.93. The summed E-state index contributed by atoms with van der Waals surface area (Å²) < 4.78 is 13.4. The normalized spacial score (nSPS) is 15.2. The molecule has 1 aromatic rings. The van der Waals surface area contributed by atoms with Crippen molar-refractivity contribution >= 4 is 11.6 Å². The molecule has 0 fully saturated rings. The van der Waals surface area contributed by atoms with Gasteiger partial charge < -0.3 is 5.73 Å². The predicted octanol–water partition coefficient (Wildman–Crippen LogP) is 3.53. The van der Waals surface area contributed by atoms with Crippen LogP contribution in [0.15, 0.2) is 18.2 Å². The Balaban J connectivity index is 3.05. The highest BCUT2D eigenvalue weighted by atomic mass is 35.5. The van der Waals surface area contributed by atoms with Gasteiger partial charge in [0.15, 0.2) is 0 Å². The summed E-state index contributed by atoms with van der Waals surface area (Å²) >= 11 is 5.91. The van der Waals surface area contributed by atoms with Crippen molar-refractivity contribution in [3.63, 3.8) is 0 Å². The van der Waals surface area contributed by atoms with Gasteiger partial charge in [-0.2, -0.15) is 0 Å². The summed E-state index contributed by atoms with van der Waals surface area (Å²) in [5.41, 5.74) is 6.36. The van der Waals surface area contributed by atoms with Crippen molar-refractivity contribution in [2.45, 2.75) is 26.3 Å². The maximum absolute atomic E-state index is 13.4. The lowest BCUT2D eigenvalue weighted by Crippen LogP contribution is -2.20. The van der Waals surface area contributed by atoms with Crippen molar-refractivity contribution in [3.05, 3.63) is 34.6 Å². The van der Waals surface area contributed by atoms with Crippen molar-refractivity contribution in [2.75, 3.05) is 0 Å². The van der Waals surface area contributed by atoms with Crippen LogP contribution in [-0.2, 0) is 0 Å². The molecule has 0 amide bonds. The molecule has 2 atom stereocenters. The standard InChI is InChI=1S/C11H15ClFN/c1-3-7(2)11(14)10-8(12)5-4-6-9(10)13/h4-7,11H,3,14H2,1-2H3. The number of benzene rings is 1. The molecule has 1 nitrogen and oxygen atoms in total. The molecule has 0 bridgehead atoms. The lowest BCUT2D eigenvalue weighted by molar-refractivity contribution is 0.439. The summed E-state index contributed by atoms with van der Waals surface area (Å²) in [6, 6.07) is 4.32. The highest BCUT2D eigenvalue weighted by Gasteiger charge is 2.19. The maximum Gasteiger partial charge on any atom is 0.129 e. The molecule has 0 aromatic heterocycles. The minimum absolute atomic E-state index is 0.226. The Kier molecular flexibility index (Phi) is 3.90. The first kappa shape index (κ1) is 11.5.